The van der Waals surface area contributed by atoms with E-state index in [1.807, 2.05) is 39.5 Å². The van der Waals surface area contributed by atoms with Gasteiger partial charge in [0.05, 0.1) is 27.1 Å². The number of carbonyl (C=O) groups excluding carboxylic acids is 3. The van der Waals surface area contributed by atoms with Crippen molar-refractivity contribution >= 4 is 52.0 Å². The number of alkyl halides is 3. The number of halogens is 4. The molecule has 0 radical (unpaired) electrons. The normalized spacial score (nSPS) is 15.4. The van der Waals surface area contributed by atoms with Gasteiger partial charge in [-0.15, -0.1) is 11.3 Å². The summed E-state index contributed by atoms with van der Waals surface area (Å²) in [5, 5.41) is 5.22. The van der Waals surface area contributed by atoms with Gasteiger partial charge < -0.3 is 20.3 Å². The van der Waals surface area contributed by atoms with Gasteiger partial charge >= 0.3 is 6.18 Å². The first-order chi connectivity index (χ1) is 19.0. The largest absolute Gasteiger partial charge is 0.418 e. The summed E-state index contributed by atoms with van der Waals surface area (Å²) in [6.07, 6.45) is -4.81. The molecule has 13 heteroatoms. The van der Waals surface area contributed by atoms with E-state index in [1.165, 1.54) is 11.0 Å². The van der Waals surface area contributed by atoms with Gasteiger partial charge in [-0.1, -0.05) is 46.2 Å². The summed E-state index contributed by atoms with van der Waals surface area (Å²) in [6.45, 7) is 10.8. The minimum Gasteiger partial charge on any atom is -0.370 e. The van der Waals surface area contributed by atoms with Crippen molar-refractivity contribution < 1.29 is 32.3 Å². The van der Waals surface area contributed by atoms with Crippen molar-refractivity contribution in [2.75, 3.05) is 49.6 Å². The molecule has 0 unspecified atom stereocenters. The van der Waals surface area contributed by atoms with Crippen molar-refractivity contribution in [2.45, 2.75) is 46.8 Å². The van der Waals surface area contributed by atoms with Crippen molar-refractivity contribution in [1.82, 2.24) is 10.2 Å². The van der Waals surface area contributed by atoms with Gasteiger partial charge in [0.2, 0.25) is 5.91 Å². The van der Waals surface area contributed by atoms with E-state index in [2.05, 4.69) is 10.6 Å². The molecule has 1 aliphatic rings. The smallest absolute Gasteiger partial charge is 0.370 e. The third kappa shape index (κ3) is 9.42. The maximum absolute atomic E-state index is 14.2. The molecule has 3 rings (SSSR count). The highest BCUT2D eigenvalue weighted by atomic mass is 35.5. The Morgan fingerprint density at radius 3 is 2.44 bits per heavy atom. The van der Waals surface area contributed by atoms with Crippen LogP contribution < -0.4 is 15.5 Å². The molecular weight excluding hydrogens is 581 g/mol. The zero-order valence-corrected chi connectivity index (χ0v) is 25.3. The van der Waals surface area contributed by atoms with Crippen LogP contribution in [0, 0.1) is 11.3 Å². The van der Waals surface area contributed by atoms with Crippen molar-refractivity contribution in [3.63, 3.8) is 0 Å². The van der Waals surface area contributed by atoms with Crippen LogP contribution in [0.15, 0.2) is 30.3 Å². The van der Waals surface area contributed by atoms with Gasteiger partial charge in [-0.2, -0.15) is 13.2 Å². The number of hydrogen-bond acceptors (Lipinski definition) is 6. The quantitative estimate of drug-likeness (QED) is 0.367. The molecule has 2 heterocycles. The van der Waals surface area contributed by atoms with E-state index in [9.17, 15) is 27.6 Å². The van der Waals surface area contributed by atoms with E-state index in [4.69, 9.17) is 16.3 Å². The lowest BCUT2D eigenvalue weighted by Gasteiger charge is -2.37. The van der Waals surface area contributed by atoms with Crippen LogP contribution in [0.5, 0.6) is 0 Å². The molecule has 226 valence electrons. The van der Waals surface area contributed by atoms with Crippen LogP contribution in [-0.2, 0) is 20.5 Å². The van der Waals surface area contributed by atoms with E-state index < -0.39 is 41.2 Å². The Morgan fingerprint density at radius 1 is 1.17 bits per heavy atom. The molecule has 0 bridgehead atoms. The molecule has 2 N–H and O–H groups in total. The van der Waals surface area contributed by atoms with Crippen molar-refractivity contribution in [3.8, 4) is 0 Å². The molecular formula is C28H36ClF3N4O4S. The monoisotopic (exact) mass is 616 g/mol. The fourth-order valence-electron chi connectivity index (χ4n) is 4.53. The third-order valence-electron chi connectivity index (χ3n) is 6.14. The van der Waals surface area contributed by atoms with Gasteiger partial charge in [0.25, 0.3) is 11.8 Å². The molecule has 8 nitrogen and oxygen atoms in total. The molecule has 3 amide bonds. The number of ether oxygens (including phenoxy) is 1. The van der Waals surface area contributed by atoms with Crippen LogP contribution in [-0.4, -0.2) is 68.1 Å². The first-order valence-corrected chi connectivity index (χ1v) is 14.4. The molecule has 1 atom stereocenters. The lowest BCUT2D eigenvalue weighted by molar-refractivity contribution is -0.137. The van der Waals surface area contributed by atoms with E-state index in [1.54, 1.807) is 12.1 Å². The lowest BCUT2D eigenvalue weighted by Crippen LogP contribution is -2.54. The van der Waals surface area contributed by atoms with Crippen LogP contribution in [0.3, 0.4) is 0 Å². The second-order valence-electron chi connectivity index (χ2n) is 11.5. The number of morpholine rings is 1. The zero-order valence-electron chi connectivity index (χ0n) is 23.7. The summed E-state index contributed by atoms with van der Waals surface area (Å²) < 4.78 is 48.1. The Balaban J connectivity index is 1.93. The molecule has 1 fully saturated rings. The van der Waals surface area contributed by atoms with Gasteiger partial charge in [0, 0.05) is 31.9 Å². The van der Waals surface area contributed by atoms with Crippen LogP contribution in [0.25, 0.3) is 0 Å². The first kappa shape index (κ1) is 32.8. The average Bonchev–Trinajstić information content (AvgIpc) is 3.29. The molecule has 0 saturated carbocycles. The summed E-state index contributed by atoms with van der Waals surface area (Å²) in [5.74, 6) is -1.44. The topological polar surface area (TPSA) is 91.0 Å². The number of hydrogen-bond donors (Lipinski definition) is 2. The van der Waals surface area contributed by atoms with E-state index in [-0.39, 0.29) is 43.3 Å². The minimum atomic E-state index is -4.81. The predicted octanol–water partition coefficient (Wildman–Crippen LogP) is 5.52. The lowest BCUT2D eigenvalue weighted by atomic mass is 9.94. The Bertz CT molecular complexity index is 1250. The van der Waals surface area contributed by atoms with Crippen LogP contribution in [0.1, 0.15) is 49.9 Å². The highest BCUT2D eigenvalue weighted by molar-refractivity contribution is 7.18. The molecule has 1 aromatic carbocycles. The predicted molar refractivity (Wildman–Crippen MR) is 155 cm³/mol. The fourth-order valence-corrected chi connectivity index (χ4v) is 5.49. The second kappa shape index (κ2) is 13.5. The summed E-state index contributed by atoms with van der Waals surface area (Å²) >= 11 is 7.04. The van der Waals surface area contributed by atoms with Crippen molar-refractivity contribution in [3.05, 3.63) is 45.1 Å². The summed E-state index contributed by atoms with van der Waals surface area (Å²) in [5.41, 5.74) is -1.70. The maximum atomic E-state index is 14.2. The number of rotatable bonds is 10. The Hall–Kier alpha value is -2.67. The van der Waals surface area contributed by atoms with E-state index in [0.29, 0.717) is 22.3 Å². The highest BCUT2D eigenvalue weighted by Crippen LogP contribution is 2.38. The number of nitrogens with one attached hydrogen (secondary N) is 2. The van der Waals surface area contributed by atoms with Crippen LogP contribution in [0.4, 0.5) is 24.5 Å². The summed E-state index contributed by atoms with van der Waals surface area (Å²) in [6, 6.07) is 5.55. The number of benzene rings is 1. The van der Waals surface area contributed by atoms with Gasteiger partial charge in [-0.25, -0.2) is 0 Å². The fraction of sp³-hybridized carbons (Fsp3) is 0.536. The number of thiophene rings is 1. The molecule has 1 saturated heterocycles. The highest BCUT2D eigenvalue weighted by Gasteiger charge is 2.37. The zero-order chi connectivity index (χ0) is 30.5. The van der Waals surface area contributed by atoms with E-state index >= 15 is 0 Å². The molecule has 0 spiro atoms. The van der Waals surface area contributed by atoms with Gasteiger partial charge in [0.15, 0.2) is 0 Å². The van der Waals surface area contributed by atoms with Crippen LogP contribution in [0.2, 0.25) is 4.34 Å². The second-order valence-corrected chi connectivity index (χ2v) is 13.2. The SMILES string of the molecule is CC(C)CN(CC(C)(C)C)[C@@H](CNC(=O)c1ccc(Cl)s1)C(=O)Nc1ccc(N2CCOCC2=O)cc1C(F)(F)F. The third-order valence-corrected chi connectivity index (χ3v) is 7.37. The maximum Gasteiger partial charge on any atom is 0.418 e. The minimum absolute atomic E-state index is 0.0659. The van der Waals surface area contributed by atoms with Gasteiger partial charge in [-0.3, -0.25) is 19.3 Å². The van der Waals surface area contributed by atoms with Gasteiger partial charge in [0.1, 0.15) is 12.6 Å². The Kier molecular flexibility index (Phi) is 10.8. The summed E-state index contributed by atoms with van der Waals surface area (Å²) in [4.78, 5) is 42.2. The molecule has 1 aliphatic heterocycles. The van der Waals surface area contributed by atoms with Crippen molar-refractivity contribution in [1.29, 1.82) is 0 Å². The number of amides is 3. The molecule has 1 aromatic heterocycles. The standard InChI is InChI=1S/C28H36ClF3N4O4S/c1-17(2)14-35(16-27(3,4)5)21(13-33-26(39)22-8-9-23(29)41-22)25(38)34-20-7-6-18(12-19(20)28(30,31)32)36-10-11-40-15-24(36)37/h6-9,12,17,21H,10-11,13-16H2,1-5H3,(H,33,39)(H,34,38)/t21-/m0/s1. The number of carbonyl (C=O) groups is 3. The average molecular weight is 617 g/mol. The summed E-state index contributed by atoms with van der Waals surface area (Å²) in [7, 11) is 0. The molecule has 41 heavy (non-hydrogen) atoms. The van der Waals surface area contributed by atoms with E-state index in [0.717, 1.165) is 23.5 Å². The Labute approximate surface area is 247 Å². The number of nitrogens with zero attached hydrogens (tertiary/aromatic N) is 2. The van der Waals surface area contributed by atoms with Crippen LogP contribution >= 0.6 is 22.9 Å². The number of anilines is 2. The van der Waals surface area contributed by atoms with Crippen molar-refractivity contribution in [2.24, 2.45) is 11.3 Å². The van der Waals surface area contributed by atoms with Gasteiger partial charge in [-0.05, 0) is 41.7 Å². The molecule has 0 aliphatic carbocycles. The molecule has 2 aromatic rings. The Morgan fingerprint density at radius 2 is 1.88 bits per heavy atom. The first-order valence-electron chi connectivity index (χ1n) is 13.2.